The molecule has 0 amide bonds. The summed E-state index contributed by atoms with van der Waals surface area (Å²) < 4.78 is 5.88. The van der Waals surface area contributed by atoms with Crippen molar-refractivity contribution in [3.63, 3.8) is 0 Å². The van der Waals surface area contributed by atoms with Crippen molar-refractivity contribution in [2.24, 2.45) is 5.73 Å². The molecule has 0 saturated heterocycles. The smallest absolute Gasteiger partial charge is 0.125 e. The van der Waals surface area contributed by atoms with E-state index in [1.165, 1.54) is 4.90 Å². The van der Waals surface area contributed by atoms with Crippen LogP contribution in [0, 0.1) is 6.92 Å². The quantitative estimate of drug-likeness (QED) is 0.712. The average molecular weight is 359 g/mol. The maximum absolute atomic E-state index is 6.38. The summed E-state index contributed by atoms with van der Waals surface area (Å²) in [6.07, 6.45) is 2.03. The molecule has 1 aliphatic rings. The van der Waals surface area contributed by atoms with Gasteiger partial charge in [0.2, 0.25) is 0 Å². The number of rotatable bonds is 5. The average Bonchev–Trinajstić information content (AvgIpc) is 3.01. The third kappa shape index (κ3) is 4.04. The first kappa shape index (κ1) is 17.2. The van der Waals surface area contributed by atoms with Crippen LogP contribution in [0.3, 0.4) is 0 Å². The van der Waals surface area contributed by atoms with Crippen LogP contribution in [0.25, 0.3) is 0 Å². The number of hydrogen-bond donors (Lipinski definition) is 2. The molecule has 1 aliphatic heterocycles. The molecule has 0 aliphatic carbocycles. The molecule has 24 heavy (non-hydrogen) atoms. The highest BCUT2D eigenvalue weighted by Crippen LogP contribution is 2.46. The van der Waals surface area contributed by atoms with Crippen molar-refractivity contribution in [3.05, 3.63) is 94.3 Å². The zero-order valence-corrected chi connectivity index (χ0v) is 15.2. The lowest BCUT2D eigenvalue weighted by Crippen LogP contribution is -2.29. The van der Waals surface area contributed by atoms with Crippen LogP contribution in [0.5, 0.6) is 0 Å². The molecule has 3 rings (SSSR count). The van der Waals surface area contributed by atoms with Crippen LogP contribution in [0.15, 0.2) is 76.1 Å². The molecule has 2 nitrogen and oxygen atoms in total. The van der Waals surface area contributed by atoms with Gasteiger partial charge in [-0.15, -0.1) is 0 Å². The van der Waals surface area contributed by atoms with E-state index in [-0.39, 0.29) is 0 Å². The number of allylic oxidation sites excluding steroid dienone is 1. The lowest BCUT2D eigenvalue weighted by atomic mass is 9.96. The molecular weight excluding hydrogens is 338 g/mol. The van der Waals surface area contributed by atoms with Gasteiger partial charge >= 0.3 is 0 Å². The van der Waals surface area contributed by atoms with Gasteiger partial charge in [-0.3, -0.25) is 0 Å². The van der Waals surface area contributed by atoms with E-state index in [0.29, 0.717) is 11.6 Å². The van der Waals surface area contributed by atoms with Gasteiger partial charge in [-0.1, -0.05) is 48.0 Å². The second-order valence-electron chi connectivity index (χ2n) is 6.11. The van der Waals surface area contributed by atoms with Crippen molar-refractivity contribution in [1.29, 1.82) is 0 Å². The van der Waals surface area contributed by atoms with Crippen LogP contribution >= 0.6 is 22.5 Å². The number of benzene rings is 2. The summed E-state index contributed by atoms with van der Waals surface area (Å²) in [5.41, 5.74) is 7.37. The summed E-state index contributed by atoms with van der Waals surface area (Å²) in [7, 11) is -0.538. The number of halogens is 1. The van der Waals surface area contributed by atoms with Crippen molar-refractivity contribution in [3.8, 4) is 0 Å². The second kappa shape index (κ2) is 7.06. The summed E-state index contributed by atoms with van der Waals surface area (Å²) in [5.74, 6) is 0.908. The molecule has 1 radical (unpaired) electrons. The second-order valence-corrected chi connectivity index (χ2v) is 8.40. The molecule has 2 aromatic rings. The van der Waals surface area contributed by atoms with E-state index in [1.807, 2.05) is 43.3 Å². The predicted molar refractivity (Wildman–Crippen MR) is 104 cm³/mol. The Bertz CT molecular complexity index is 778. The Morgan fingerprint density at radius 2 is 1.96 bits per heavy atom. The minimum absolute atomic E-state index is 0.538. The fraction of sp³-hybridized carbons (Fsp3) is 0.150. The van der Waals surface area contributed by atoms with Crippen molar-refractivity contribution in [2.45, 2.75) is 24.0 Å². The van der Waals surface area contributed by atoms with Gasteiger partial charge in [-0.05, 0) is 53.5 Å². The minimum atomic E-state index is -0.686. The monoisotopic (exact) mass is 358 g/mol. The molecule has 0 aromatic heterocycles. The van der Waals surface area contributed by atoms with Crippen molar-refractivity contribution < 1.29 is 4.74 Å². The molecule has 125 valence electrons. The van der Waals surface area contributed by atoms with Crippen molar-refractivity contribution in [2.75, 3.05) is 0 Å². The van der Waals surface area contributed by atoms with E-state index in [9.17, 15) is 0 Å². The number of ether oxygens (including phenoxy) is 1. The highest BCUT2D eigenvalue weighted by molar-refractivity contribution is 8.22. The lowest BCUT2D eigenvalue weighted by molar-refractivity contribution is 0.212. The van der Waals surface area contributed by atoms with Crippen LogP contribution in [-0.4, -0.2) is 0 Å². The number of hydrogen-bond acceptors (Lipinski definition) is 2. The normalized spacial score (nSPS) is 18.5. The SMILES string of the molecule is [CH2]C(C)(N)c1ccc([SH]2C=CC(OCc3ccccc3)=C2)cc1Cl. The summed E-state index contributed by atoms with van der Waals surface area (Å²) in [4.78, 5) is 1.18. The van der Waals surface area contributed by atoms with Crippen molar-refractivity contribution in [1.82, 2.24) is 0 Å². The Morgan fingerprint density at radius 3 is 2.62 bits per heavy atom. The van der Waals surface area contributed by atoms with Gasteiger partial charge in [0.25, 0.3) is 0 Å². The molecule has 2 aromatic carbocycles. The van der Waals surface area contributed by atoms with Gasteiger partial charge in [0.1, 0.15) is 12.4 Å². The van der Waals surface area contributed by atoms with E-state index < -0.39 is 16.4 Å². The topological polar surface area (TPSA) is 35.2 Å². The largest absolute Gasteiger partial charge is 0.488 e. The van der Waals surface area contributed by atoms with Crippen LogP contribution in [-0.2, 0) is 16.9 Å². The molecule has 4 heteroatoms. The Labute approximate surface area is 151 Å². The molecule has 0 spiro atoms. The molecule has 2 unspecified atom stereocenters. The molecule has 2 atom stereocenters. The molecule has 1 heterocycles. The van der Waals surface area contributed by atoms with Gasteiger partial charge in [-0.25, -0.2) is 0 Å². The Morgan fingerprint density at radius 1 is 1.21 bits per heavy atom. The summed E-state index contributed by atoms with van der Waals surface area (Å²) >= 11 is 6.38. The number of thiol groups is 1. The first-order valence-electron chi connectivity index (χ1n) is 7.73. The maximum Gasteiger partial charge on any atom is 0.125 e. The fourth-order valence-electron chi connectivity index (χ4n) is 2.49. The molecule has 0 fully saturated rings. The van der Waals surface area contributed by atoms with E-state index in [4.69, 9.17) is 22.1 Å². The Kier molecular flexibility index (Phi) is 5.04. The first-order valence-corrected chi connectivity index (χ1v) is 9.58. The van der Waals surface area contributed by atoms with Crippen molar-refractivity contribution >= 4 is 22.5 Å². The van der Waals surface area contributed by atoms with E-state index in [0.717, 1.165) is 16.9 Å². The molecule has 0 bridgehead atoms. The third-order valence-electron chi connectivity index (χ3n) is 3.78. The highest BCUT2D eigenvalue weighted by Gasteiger charge is 2.19. The van der Waals surface area contributed by atoms with Gasteiger partial charge in [0.15, 0.2) is 0 Å². The standard InChI is InChI=1S/C20H21ClNOS/c1-20(2,22)18-9-8-17(12-19(18)21)24-11-10-16(14-24)23-13-15-6-4-3-5-7-15/h3-12,14,24H,1,13,22H2,2H3. The van der Waals surface area contributed by atoms with E-state index in [1.54, 1.807) is 0 Å². The Balaban J connectivity index is 1.70. The molecule has 0 saturated carbocycles. The highest BCUT2D eigenvalue weighted by atomic mass is 35.5. The van der Waals surface area contributed by atoms with Gasteiger partial charge in [0.05, 0.1) is 0 Å². The van der Waals surface area contributed by atoms with Gasteiger partial charge < -0.3 is 10.5 Å². The molecule has 2 N–H and O–H groups in total. The summed E-state index contributed by atoms with van der Waals surface area (Å²) in [5, 5.41) is 5.00. The predicted octanol–water partition coefficient (Wildman–Crippen LogP) is 5.29. The minimum Gasteiger partial charge on any atom is -0.488 e. The molecular formula is C20H21ClNOS. The fourth-order valence-corrected chi connectivity index (χ4v) is 4.64. The van der Waals surface area contributed by atoms with Gasteiger partial charge in [-0.2, -0.15) is 10.9 Å². The van der Waals surface area contributed by atoms with Crippen LogP contribution in [0.4, 0.5) is 0 Å². The first-order chi connectivity index (χ1) is 11.4. The Hall–Kier alpha value is -1.68. The third-order valence-corrected chi connectivity index (χ3v) is 5.97. The van der Waals surface area contributed by atoms with Crippen LogP contribution in [0.1, 0.15) is 18.1 Å². The summed E-state index contributed by atoms with van der Waals surface area (Å²) in [6.45, 7) is 6.37. The summed E-state index contributed by atoms with van der Waals surface area (Å²) in [6, 6.07) is 16.2. The maximum atomic E-state index is 6.38. The zero-order valence-electron chi connectivity index (χ0n) is 13.6. The number of nitrogens with two attached hydrogens (primary N) is 1. The zero-order chi connectivity index (χ0) is 17.2. The lowest BCUT2D eigenvalue weighted by Gasteiger charge is -2.22. The van der Waals surface area contributed by atoms with Crippen LogP contribution in [0.2, 0.25) is 5.02 Å². The van der Waals surface area contributed by atoms with E-state index in [2.05, 4.69) is 35.9 Å². The van der Waals surface area contributed by atoms with Crippen LogP contribution < -0.4 is 5.73 Å². The van der Waals surface area contributed by atoms with Gasteiger partial charge in [0, 0.05) is 16.0 Å². The van der Waals surface area contributed by atoms with E-state index >= 15 is 0 Å².